The van der Waals surface area contributed by atoms with Crippen molar-refractivity contribution < 1.29 is 13.5 Å². The number of hydrogen-bond donors (Lipinski definition) is 0. The number of benzene rings is 1. The summed E-state index contributed by atoms with van der Waals surface area (Å²) >= 11 is 0. The largest absolute Gasteiger partial charge is 0.377 e. The quantitative estimate of drug-likeness (QED) is 0.777. The normalized spacial score (nSPS) is 34.8. The van der Waals surface area contributed by atoms with Gasteiger partial charge in [0, 0.05) is 5.41 Å². The molecule has 0 N–H and O–H groups in total. The maximum absolute atomic E-state index is 14.1. The van der Waals surface area contributed by atoms with E-state index in [9.17, 15) is 8.78 Å². The van der Waals surface area contributed by atoms with Crippen molar-refractivity contribution in [3.63, 3.8) is 0 Å². The van der Waals surface area contributed by atoms with E-state index in [0.717, 1.165) is 25.7 Å². The van der Waals surface area contributed by atoms with Gasteiger partial charge in [0.2, 0.25) is 0 Å². The Morgan fingerprint density at radius 1 is 1.39 bits per heavy atom. The molecule has 1 nitrogen and oxygen atoms in total. The van der Waals surface area contributed by atoms with Crippen LogP contribution in [0, 0.1) is 17.6 Å². The van der Waals surface area contributed by atoms with Gasteiger partial charge in [-0.2, -0.15) is 0 Å². The third-order valence-corrected chi connectivity index (χ3v) is 4.74. The van der Waals surface area contributed by atoms with E-state index in [1.165, 1.54) is 6.07 Å². The van der Waals surface area contributed by atoms with E-state index < -0.39 is 11.6 Å². The van der Waals surface area contributed by atoms with Crippen LogP contribution in [0.25, 0.3) is 0 Å². The lowest BCUT2D eigenvalue weighted by molar-refractivity contribution is 0.0816. The Labute approximate surface area is 106 Å². The molecule has 0 amide bonds. The third kappa shape index (κ3) is 1.53. The minimum atomic E-state index is -0.743. The second kappa shape index (κ2) is 4.30. The number of halogens is 2. The molecule has 1 aromatic carbocycles. The van der Waals surface area contributed by atoms with Gasteiger partial charge in [-0.3, -0.25) is 0 Å². The number of rotatable bonds is 2. The molecule has 0 spiro atoms. The fourth-order valence-electron chi connectivity index (χ4n) is 3.89. The molecule has 98 valence electrons. The topological polar surface area (TPSA) is 9.23 Å². The van der Waals surface area contributed by atoms with E-state index in [4.69, 9.17) is 4.74 Å². The minimum Gasteiger partial charge on any atom is -0.377 e. The third-order valence-electron chi connectivity index (χ3n) is 4.74. The van der Waals surface area contributed by atoms with E-state index in [1.54, 1.807) is 12.1 Å². The molecule has 3 rings (SSSR count). The van der Waals surface area contributed by atoms with Crippen LogP contribution in [-0.2, 0) is 10.2 Å². The maximum atomic E-state index is 14.1. The van der Waals surface area contributed by atoms with Crippen LogP contribution in [0.15, 0.2) is 18.2 Å². The fourth-order valence-corrected chi connectivity index (χ4v) is 3.89. The van der Waals surface area contributed by atoms with Gasteiger partial charge >= 0.3 is 0 Å². The highest BCUT2D eigenvalue weighted by atomic mass is 19.2. The van der Waals surface area contributed by atoms with E-state index in [2.05, 4.69) is 6.92 Å². The Morgan fingerprint density at radius 2 is 2.22 bits per heavy atom. The molecule has 1 aromatic rings. The molecule has 0 radical (unpaired) electrons. The first-order valence-electron chi connectivity index (χ1n) is 6.75. The Bertz CT molecular complexity index is 460. The highest BCUT2D eigenvalue weighted by Crippen LogP contribution is 2.53. The van der Waals surface area contributed by atoms with Gasteiger partial charge in [0.15, 0.2) is 11.6 Å². The van der Waals surface area contributed by atoms with Gasteiger partial charge < -0.3 is 4.74 Å². The summed E-state index contributed by atoms with van der Waals surface area (Å²) in [6, 6.07) is 4.53. The predicted octanol–water partition coefficient (Wildman–Crippen LogP) is 3.81. The Kier molecular flexibility index (Phi) is 2.89. The number of ether oxygens (including phenoxy) is 1. The molecule has 1 heterocycles. The zero-order valence-corrected chi connectivity index (χ0v) is 10.6. The summed E-state index contributed by atoms with van der Waals surface area (Å²) in [6.07, 6.45) is 4.21. The molecule has 0 aromatic heterocycles. The van der Waals surface area contributed by atoms with Crippen molar-refractivity contribution in [3.8, 4) is 0 Å². The summed E-state index contributed by atoms with van der Waals surface area (Å²) in [5, 5.41) is 0. The first-order chi connectivity index (χ1) is 8.69. The first-order valence-corrected chi connectivity index (χ1v) is 6.75. The SMILES string of the molecule is CCC1OCC2(c3cccc(F)c3F)CCCC12. The molecule has 2 aliphatic rings. The highest BCUT2D eigenvalue weighted by Gasteiger charge is 2.53. The van der Waals surface area contributed by atoms with Crippen LogP contribution in [0.2, 0.25) is 0 Å². The average molecular weight is 252 g/mol. The first kappa shape index (κ1) is 12.1. The molecule has 1 saturated heterocycles. The zero-order chi connectivity index (χ0) is 12.8. The monoisotopic (exact) mass is 252 g/mol. The van der Waals surface area contributed by atoms with Crippen molar-refractivity contribution in [1.82, 2.24) is 0 Å². The summed E-state index contributed by atoms with van der Waals surface area (Å²) in [5.74, 6) is -1.07. The van der Waals surface area contributed by atoms with Crippen molar-refractivity contribution in [3.05, 3.63) is 35.4 Å². The predicted molar refractivity (Wildman–Crippen MR) is 65.4 cm³/mol. The smallest absolute Gasteiger partial charge is 0.162 e. The van der Waals surface area contributed by atoms with Crippen molar-refractivity contribution in [2.75, 3.05) is 6.61 Å². The van der Waals surface area contributed by atoms with Crippen LogP contribution in [0.1, 0.15) is 38.2 Å². The number of hydrogen-bond acceptors (Lipinski definition) is 1. The summed E-state index contributed by atoms with van der Waals surface area (Å²) in [4.78, 5) is 0. The van der Waals surface area contributed by atoms with Crippen LogP contribution in [0.4, 0.5) is 8.78 Å². The van der Waals surface area contributed by atoms with Crippen molar-refractivity contribution >= 4 is 0 Å². The molecular formula is C15H18F2O. The van der Waals surface area contributed by atoms with Gasteiger partial charge in [-0.15, -0.1) is 0 Å². The standard InChI is InChI=1S/C15H18F2O/c1-2-13-10-6-4-8-15(10,9-18-13)11-5-3-7-12(16)14(11)17/h3,5,7,10,13H,2,4,6,8-9H2,1H3. The molecule has 1 aliphatic heterocycles. The van der Waals surface area contributed by atoms with E-state index in [0.29, 0.717) is 18.1 Å². The lowest BCUT2D eigenvalue weighted by Gasteiger charge is -2.29. The molecule has 3 unspecified atom stereocenters. The molecule has 3 heteroatoms. The second-order valence-corrected chi connectivity index (χ2v) is 5.51. The van der Waals surface area contributed by atoms with Crippen LogP contribution in [0.5, 0.6) is 0 Å². The Hall–Kier alpha value is -0.960. The molecule has 2 fully saturated rings. The van der Waals surface area contributed by atoms with Crippen molar-refractivity contribution in [1.29, 1.82) is 0 Å². The summed E-state index contributed by atoms with van der Waals surface area (Å²) < 4.78 is 33.4. The summed E-state index contributed by atoms with van der Waals surface area (Å²) in [5.41, 5.74) is 0.244. The van der Waals surface area contributed by atoms with Crippen molar-refractivity contribution in [2.45, 2.75) is 44.1 Å². The fraction of sp³-hybridized carbons (Fsp3) is 0.600. The van der Waals surface area contributed by atoms with E-state index in [-0.39, 0.29) is 11.5 Å². The van der Waals surface area contributed by atoms with Gasteiger partial charge in [0.25, 0.3) is 0 Å². The van der Waals surface area contributed by atoms with E-state index >= 15 is 0 Å². The van der Waals surface area contributed by atoms with Gasteiger partial charge in [-0.25, -0.2) is 8.78 Å². The summed E-state index contributed by atoms with van der Waals surface area (Å²) in [7, 11) is 0. The lowest BCUT2D eigenvalue weighted by atomic mass is 9.72. The summed E-state index contributed by atoms with van der Waals surface area (Å²) in [6.45, 7) is 2.64. The maximum Gasteiger partial charge on any atom is 0.162 e. The molecule has 18 heavy (non-hydrogen) atoms. The van der Waals surface area contributed by atoms with Crippen LogP contribution in [0.3, 0.4) is 0 Å². The van der Waals surface area contributed by atoms with Crippen molar-refractivity contribution in [2.24, 2.45) is 5.92 Å². The molecule has 3 atom stereocenters. The molecule has 1 aliphatic carbocycles. The van der Waals surface area contributed by atoms with Gasteiger partial charge in [0.1, 0.15) is 0 Å². The molecule has 1 saturated carbocycles. The van der Waals surface area contributed by atoms with Crippen LogP contribution >= 0.6 is 0 Å². The molecule has 0 bridgehead atoms. The van der Waals surface area contributed by atoms with Gasteiger partial charge in [-0.05, 0) is 36.8 Å². The Morgan fingerprint density at radius 3 is 3.00 bits per heavy atom. The van der Waals surface area contributed by atoms with Gasteiger partial charge in [0.05, 0.1) is 12.7 Å². The zero-order valence-electron chi connectivity index (χ0n) is 10.6. The Balaban J connectivity index is 2.07. The molecular weight excluding hydrogens is 234 g/mol. The van der Waals surface area contributed by atoms with Crippen LogP contribution < -0.4 is 0 Å². The lowest BCUT2D eigenvalue weighted by Crippen LogP contribution is -2.33. The highest BCUT2D eigenvalue weighted by molar-refractivity contribution is 5.32. The van der Waals surface area contributed by atoms with Gasteiger partial charge in [-0.1, -0.05) is 25.5 Å². The number of fused-ring (bicyclic) bond motifs is 1. The minimum absolute atomic E-state index is 0.204. The second-order valence-electron chi connectivity index (χ2n) is 5.51. The van der Waals surface area contributed by atoms with E-state index in [1.807, 2.05) is 0 Å². The van der Waals surface area contributed by atoms with Crippen LogP contribution in [-0.4, -0.2) is 12.7 Å². The average Bonchev–Trinajstić information content (AvgIpc) is 2.91.